The third-order valence-corrected chi connectivity index (χ3v) is 4.41. The van der Waals surface area contributed by atoms with Crippen LogP contribution in [0.25, 0.3) is 17.0 Å². The van der Waals surface area contributed by atoms with E-state index >= 15 is 0 Å². The fraction of sp³-hybridized carbons (Fsp3) is 0.263. The molecular weight excluding hydrogens is 314 g/mol. The number of hydrogen-bond acceptors (Lipinski definition) is 5. The lowest BCUT2D eigenvalue weighted by Gasteiger charge is -2.13. The number of aromatic nitrogens is 3. The summed E-state index contributed by atoms with van der Waals surface area (Å²) in [4.78, 5) is 9.20. The number of pyridine rings is 2. The number of anilines is 1. The van der Waals surface area contributed by atoms with Crippen molar-refractivity contribution in [2.24, 2.45) is 0 Å². The first-order valence-electron chi connectivity index (χ1n) is 8.25. The fourth-order valence-electron chi connectivity index (χ4n) is 3.12. The van der Waals surface area contributed by atoms with Gasteiger partial charge in [-0.3, -0.25) is 4.40 Å². The summed E-state index contributed by atoms with van der Waals surface area (Å²) < 4.78 is 7.27. The van der Waals surface area contributed by atoms with Crippen LogP contribution in [0.2, 0.25) is 0 Å². The molecule has 0 bridgehead atoms. The molecule has 4 heterocycles. The molecule has 1 atom stereocenters. The lowest BCUT2D eigenvalue weighted by atomic mass is 10.2. The van der Waals surface area contributed by atoms with Crippen molar-refractivity contribution in [2.45, 2.75) is 12.5 Å². The molecule has 1 fully saturated rings. The molecule has 0 amide bonds. The summed E-state index contributed by atoms with van der Waals surface area (Å²) in [6, 6.07) is 8.22. The van der Waals surface area contributed by atoms with Crippen molar-refractivity contribution in [3.63, 3.8) is 0 Å². The highest BCUT2D eigenvalue weighted by Gasteiger charge is 2.15. The molecule has 3 aromatic heterocycles. The maximum atomic E-state index is 5.59. The molecule has 0 saturated carbocycles. The predicted octanol–water partition coefficient (Wildman–Crippen LogP) is 2.16. The monoisotopic (exact) mass is 333 g/mol. The first kappa shape index (κ1) is 15.5. The Kier molecular flexibility index (Phi) is 4.00. The van der Waals surface area contributed by atoms with Crippen LogP contribution in [0, 0.1) is 12.3 Å². The zero-order valence-electron chi connectivity index (χ0n) is 14.0. The second kappa shape index (κ2) is 6.46. The molecule has 0 aliphatic carbocycles. The molecule has 0 radical (unpaired) electrons. The minimum Gasteiger partial charge on any atom is -0.495 e. The largest absolute Gasteiger partial charge is 0.495 e. The quantitative estimate of drug-likeness (QED) is 0.717. The van der Waals surface area contributed by atoms with Crippen molar-refractivity contribution < 1.29 is 4.74 Å². The Hall–Kier alpha value is -3.04. The number of ether oxygens (including phenoxy) is 1. The minimum absolute atomic E-state index is 0.419. The second-order valence-corrected chi connectivity index (χ2v) is 6.01. The van der Waals surface area contributed by atoms with Gasteiger partial charge in [0.15, 0.2) is 0 Å². The molecule has 1 aliphatic rings. The van der Waals surface area contributed by atoms with Crippen LogP contribution >= 0.6 is 0 Å². The van der Waals surface area contributed by atoms with Crippen molar-refractivity contribution >= 4 is 11.5 Å². The molecule has 1 unspecified atom stereocenters. The number of imidazole rings is 1. The Labute approximate surface area is 146 Å². The van der Waals surface area contributed by atoms with E-state index in [1.165, 1.54) is 0 Å². The Morgan fingerprint density at radius 2 is 2.36 bits per heavy atom. The highest BCUT2D eigenvalue weighted by molar-refractivity contribution is 5.64. The molecule has 4 rings (SSSR count). The van der Waals surface area contributed by atoms with Crippen molar-refractivity contribution in [1.29, 1.82) is 0 Å². The summed E-state index contributed by atoms with van der Waals surface area (Å²) >= 11 is 0. The van der Waals surface area contributed by atoms with E-state index in [9.17, 15) is 0 Å². The number of hydrogen-bond donors (Lipinski definition) is 2. The van der Waals surface area contributed by atoms with E-state index in [-0.39, 0.29) is 0 Å². The predicted molar refractivity (Wildman–Crippen MR) is 97.8 cm³/mol. The molecule has 1 saturated heterocycles. The van der Waals surface area contributed by atoms with E-state index in [0.29, 0.717) is 17.4 Å². The van der Waals surface area contributed by atoms with Gasteiger partial charge in [0.05, 0.1) is 30.3 Å². The van der Waals surface area contributed by atoms with Crippen LogP contribution in [0.4, 0.5) is 5.82 Å². The highest BCUT2D eigenvalue weighted by atomic mass is 16.5. The first-order valence-corrected chi connectivity index (χ1v) is 8.25. The maximum Gasteiger partial charge on any atom is 0.141 e. The van der Waals surface area contributed by atoms with Crippen LogP contribution in [0.1, 0.15) is 12.0 Å². The number of nitrogens with zero attached hydrogens (tertiary/aromatic N) is 3. The van der Waals surface area contributed by atoms with Crippen LogP contribution in [0.5, 0.6) is 5.75 Å². The normalized spacial score (nSPS) is 16.7. The molecule has 3 aromatic rings. The number of fused-ring (bicyclic) bond motifs is 1. The summed E-state index contributed by atoms with van der Waals surface area (Å²) in [5.41, 5.74) is 3.19. The molecule has 126 valence electrons. The van der Waals surface area contributed by atoms with Crippen LogP contribution in [0.3, 0.4) is 0 Å². The summed E-state index contributed by atoms with van der Waals surface area (Å²) in [7, 11) is 1.60. The fourth-order valence-corrected chi connectivity index (χ4v) is 3.12. The van der Waals surface area contributed by atoms with Gasteiger partial charge in [-0.05, 0) is 25.1 Å². The van der Waals surface area contributed by atoms with Crippen LogP contribution in [0.15, 0.2) is 36.7 Å². The van der Waals surface area contributed by atoms with Gasteiger partial charge in [0.1, 0.15) is 17.2 Å². The zero-order chi connectivity index (χ0) is 17.2. The standard InChI is InChI=1S/C19H19N5O/c1-3-13-12-24-16(11-21-19(24)9-17(13)25-2)15-5-4-6-18(23-15)22-14-7-8-20-10-14/h1,4-6,9,11-12,14,20H,7-8,10H2,2H3,(H,22,23). The third-order valence-electron chi connectivity index (χ3n) is 4.41. The third kappa shape index (κ3) is 2.90. The topological polar surface area (TPSA) is 63.5 Å². The summed E-state index contributed by atoms with van der Waals surface area (Å²) in [5, 5.41) is 6.82. The van der Waals surface area contributed by atoms with Gasteiger partial charge in [-0.15, -0.1) is 6.42 Å². The highest BCUT2D eigenvalue weighted by Crippen LogP contribution is 2.25. The van der Waals surface area contributed by atoms with Gasteiger partial charge in [0.2, 0.25) is 0 Å². The Morgan fingerprint density at radius 1 is 1.44 bits per heavy atom. The summed E-state index contributed by atoms with van der Waals surface area (Å²) in [6.07, 6.45) is 10.4. The lowest BCUT2D eigenvalue weighted by Crippen LogP contribution is -2.22. The van der Waals surface area contributed by atoms with E-state index in [1.807, 2.05) is 34.9 Å². The molecule has 2 N–H and O–H groups in total. The average Bonchev–Trinajstić information content (AvgIpc) is 3.29. The molecule has 6 heteroatoms. The molecular formula is C19H19N5O. The van der Waals surface area contributed by atoms with E-state index in [0.717, 1.165) is 42.4 Å². The average molecular weight is 333 g/mol. The van der Waals surface area contributed by atoms with Crippen molar-refractivity contribution in [3.05, 3.63) is 42.2 Å². The maximum absolute atomic E-state index is 5.59. The SMILES string of the molecule is C#Cc1cn2c(-c3cccc(NC4CCNC4)n3)cnc2cc1OC. The van der Waals surface area contributed by atoms with Gasteiger partial charge < -0.3 is 15.4 Å². The molecule has 25 heavy (non-hydrogen) atoms. The van der Waals surface area contributed by atoms with Crippen molar-refractivity contribution in [1.82, 2.24) is 19.7 Å². The summed E-state index contributed by atoms with van der Waals surface area (Å²) in [6.45, 7) is 2.01. The number of rotatable bonds is 4. The van der Waals surface area contributed by atoms with Gasteiger partial charge in [-0.1, -0.05) is 12.0 Å². The summed E-state index contributed by atoms with van der Waals surface area (Å²) in [5.74, 6) is 4.16. The number of terminal acetylenes is 1. The minimum atomic E-state index is 0.419. The first-order chi connectivity index (χ1) is 12.3. The van der Waals surface area contributed by atoms with Gasteiger partial charge in [-0.25, -0.2) is 9.97 Å². The van der Waals surface area contributed by atoms with Gasteiger partial charge in [0, 0.05) is 24.8 Å². The molecule has 1 aliphatic heterocycles. The Bertz CT molecular complexity index is 950. The Balaban J connectivity index is 1.73. The van der Waals surface area contributed by atoms with Crippen molar-refractivity contribution in [2.75, 3.05) is 25.5 Å². The number of methoxy groups -OCH3 is 1. The molecule has 0 aromatic carbocycles. The zero-order valence-corrected chi connectivity index (χ0v) is 14.0. The lowest BCUT2D eigenvalue weighted by molar-refractivity contribution is 0.413. The van der Waals surface area contributed by atoms with Crippen LogP contribution in [-0.2, 0) is 0 Å². The van der Waals surface area contributed by atoms with Crippen molar-refractivity contribution in [3.8, 4) is 29.5 Å². The van der Waals surface area contributed by atoms with Gasteiger partial charge in [-0.2, -0.15) is 0 Å². The van der Waals surface area contributed by atoms with Crippen LogP contribution in [-0.4, -0.2) is 40.6 Å². The molecule has 0 spiro atoms. The molecule has 6 nitrogen and oxygen atoms in total. The number of nitrogens with one attached hydrogen (secondary N) is 2. The van der Waals surface area contributed by atoms with Gasteiger partial charge >= 0.3 is 0 Å². The second-order valence-electron chi connectivity index (χ2n) is 6.01. The van der Waals surface area contributed by atoms with E-state index < -0.39 is 0 Å². The van der Waals surface area contributed by atoms with E-state index in [2.05, 4.69) is 21.5 Å². The van der Waals surface area contributed by atoms with Crippen LogP contribution < -0.4 is 15.4 Å². The van der Waals surface area contributed by atoms with E-state index in [4.69, 9.17) is 16.1 Å². The van der Waals surface area contributed by atoms with Gasteiger partial charge in [0.25, 0.3) is 0 Å². The smallest absolute Gasteiger partial charge is 0.141 e. The Morgan fingerprint density at radius 3 is 3.12 bits per heavy atom. The van der Waals surface area contributed by atoms with E-state index in [1.54, 1.807) is 13.3 Å².